The molecule has 2 aromatic carbocycles. The summed E-state index contributed by atoms with van der Waals surface area (Å²) in [6.07, 6.45) is 0. The summed E-state index contributed by atoms with van der Waals surface area (Å²) in [7, 11) is 0. The second-order valence-corrected chi connectivity index (χ2v) is 4.91. The monoisotopic (exact) mass is 364 g/mol. The summed E-state index contributed by atoms with van der Waals surface area (Å²) >= 11 is 0. The van der Waals surface area contributed by atoms with Crippen molar-refractivity contribution in [1.82, 2.24) is 0 Å². The number of nitrogens with one attached hydrogen (secondary N) is 1. The zero-order valence-corrected chi connectivity index (χ0v) is 13.3. The molecule has 0 aliphatic heterocycles. The highest BCUT2D eigenvalue weighted by Gasteiger charge is 2.18. The molecule has 9 heteroatoms. The predicted molar refractivity (Wildman–Crippen MR) is 86.9 cm³/mol. The lowest BCUT2D eigenvalue weighted by Crippen LogP contribution is -2.23. The fraction of sp³-hybridized carbons (Fsp3) is 0.118. The molecule has 0 atom stereocenters. The van der Waals surface area contributed by atoms with Crippen LogP contribution >= 0.6 is 0 Å². The van der Waals surface area contributed by atoms with Crippen molar-refractivity contribution in [2.24, 2.45) is 5.73 Å². The van der Waals surface area contributed by atoms with E-state index in [4.69, 9.17) is 10.5 Å². The smallest absolute Gasteiger partial charge is 0.387 e. The normalized spacial score (nSPS) is 10.3. The molecule has 0 aliphatic carbocycles. The van der Waals surface area contributed by atoms with Gasteiger partial charge in [-0.05, 0) is 24.3 Å². The van der Waals surface area contributed by atoms with Gasteiger partial charge in [-0.2, -0.15) is 8.78 Å². The van der Waals surface area contributed by atoms with Crippen molar-refractivity contribution in [3.8, 4) is 5.75 Å². The Kier molecular flexibility index (Phi) is 6.20. The minimum Gasteiger partial charge on any atom is -0.452 e. The van der Waals surface area contributed by atoms with Crippen molar-refractivity contribution >= 4 is 23.5 Å². The molecule has 7 nitrogen and oxygen atoms in total. The van der Waals surface area contributed by atoms with E-state index in [1.807, 2.05) is 0 Å². The largest absolute Gasteiger partial charge is 0.452 e. The summed E-state index contributed by atoms with van der Waals surface area (Å²) in [5.41, 5.74) is 5.18. The lowest BCUT2D eigenvalue weighted by Gasteiger charge is -2.11. The van der Waals surface area contributed by atoms with E-state index in [0.717, 1.165) is 0 Å². The van der Waals surface area contributed by atoms with Crippen LogP contribution in [0.5, 0.6) is 5.75 Å². The third kappa shape index (κ3) is 5.00. The first-order valence-corrected chi connectivity index (χ1v) is 7.28. The number of primary amides is 1. The van der Waals surface area contributed by atoms with Crippen LogP contribution in [0.4, 0.5) is 14.5 Å². The first-order chi connectivity index (χ1) is 12.4. The summed E-state index contributed by atoms with van der Waals surface area (Å²) in [4.78, 5) is 35.2. The molecule has 0 aliphatic rings. The molecule has 2 rings (SSSR count). The van der Waals surface area contributed by atoms with Crippen LogP contribution in [0.3, 0.4) is 0 Å². The Balaban J connectivity index is 2.00. The highest BCUT2D eigenvalue weighted by molar-refractivity contribution is 6.03. The van der Waals surface area contributed by atoms with Crippen LogP contribution in [0.2, 0.25) is 0 Å². The molecule has 0 unspecified atom stereocenters. The predicted octanol–water partition coefficient (Wildman–Crippen LogP) is 2.18. The molecule has 0 saturated carbocycles. The minimum atomic E-state index is -3.11. The number of carbonyl (C=O) groups is 3. The van der Waals surface area contributed by atoms with Gasteiger partial charge in [-0.3, -0.25) is 9.59 Å². The van der Waals surface area contributed by atoms with Crippen LogP contribution in [0.15, 0.2) is 48.5 Å². The number of nitrogens with two attached hydrogens (primary N) is 1. The van der Waals surface area contributed by atoms with Gasteiger partial charge in [0.15, 0.2) is 6.61 Å². The van der Waals surface area contributed by atoms with Crippen molar-refractivity contribution in [1.29, 1.82) is 0 Å². The number of amides is 2. The molecule has 136 valence electrons. The number of anilines is 1. The Morgan fingerprint density at radius 1 is 1.00 bits per heavy atom. The van der Waals surface area contributed by atoms with Gasteiger partial charge in [-0.25, -0.2) is 4.79 Å². The fourth-order valence-electron chi connectivity index (χ4n) is 2.04. The SMILES string of the molecule is NC(=O)c1ccccc1NC(=O)COC(=O)c1ccccc1OC(F)F. The van der Waals surface area contributed by atoms with Crippen molar-refractivity contribution in [3.63, 3.8) is 0 Å². The maximum Gasteiger partial charge on any atom is 0.387 e. The maximum atomic E-state index is 12.3. The maximum absolute atomic E-state index is 12.3. The average molecular weight is 364 g/mol. The van der Waals surface area contributed by atoms with Crippen LogP contribution < -0.4 is 15.8 Å². The van der Waals surface area contributed by atoms with Crippen LogP contribution in [0.25, 0.3) is 0 Å². The zero-order chi connectivity index (χ0) is 19.1. The van der Waals surface area contributed by atoms with Gasteiger partial charge in [0.1, 0.15) is 11.3 Å². The highest BCUT2D eigenvalue weighted by Crippen LogP contribution is 2.21. The van der Waals surface area contributed by atoms with E-state index in [0.29, 0.717) is 0 Å². The quantitative estimate of drug-likeness (QED) is 0.732. The van der Waals surface area contributed by atoms with Crippen molar-refractivity contribution < 1.29 is 32.6 Å². The lowest BCUT2D eigenvalue weighted by molar-refractivity contribution is -0.119. The molecule has 26 heavy (non-hydrogen) atoms. The third-order valence-corrected chi connectivity index (χ3v) is 3.12. The van der Waals surface area contributed by atoms with Gasteiger partial charge in [-0.1, -0.05) is 24.3 Å². The summed E-state index contributed by atoms with van der Waals surface area (Å²) in [5, 5.41) is 2.38. The molecule has 0 spiro atoms. The number of alkyl halides is 2. The van der Waals surface area contributed by atoms with Crippen LogP contribution in [-0.4, -0.2) is 31.0 Å². The third-order valence-electron chi connectivity index (χ3n) is 3.12. The number of hydrogen-bond acceptors (Lipinski definition) is 5. The molecule has 0 heterocycles. The van der Waals surface area contributed by atoms with Gasteiger partial charge in [0.2, 0.25) is 0 Å². The number of carbonyl (C=O) groups excluding carboxylic acids is 3. The van der Waals surface area contributed by atoms with E-state index in [-0.39, 0.29) is 22.6 Å². The molecule has 2 amide bonds. The second-order valence-electron chi connectivity index (χ2n) is 4.91. The molecule has 3 N–H and O–H groups in total. The first-order valence-electron chi connectivity index (χ1n) is 7.28. The van der Waals surface area contributed by atoms with Gasteiger partial charge in [0.25, 0.3) is 11.8 Å². The van der Waals surface area contributed by atoms with E-state index in [9.17, 15) is 23.2 Å². The summed E-state index contributed by atoms with van der Waals surface area (Å²) < 4.78 is 33.7. The molecule has 2 aromatic rings. The number of benzene rings is 2. The lowest BCUT2D eigenvalue weighted by atomic mass is 10.1. The molecule has 0 aromatic heterocycles. The van der Waals surface area contributed by atoms with Crippen LogP contribution in [-0.2, 0) is 9.53 Å². The Morgan fingerprint density at radius 2 is 1.62 bits per heavy atom. The van der Waals surface area contributed by atoms with Crippen LogP contribution in [0.1, 0.15) is 20.7 Å². The standard InChI is InChI=1S/C17H14F2N2O5/c18-17(19)26-13-8-4-2-6-11(13)16(24)25-9-14(22)21-12-7-3-1-5-10(12)15(20)23/h1-8,17H,9H2,(H2,20,23)(H,21,22). The van der Waals surface area contributed by atoms with Crippen molar-refractivity contribution in [2.45, 2.75) is 6.61 Å². The number of halogens is 2. The van der Waals surface area contributed by atoms with Gasteiger partial charge in [0, 0.05) is 0 Å². The van der Waals surface area contributed by atoms with Gasteiger partial charge >= 0.3 is 12.6 Å². The number of para-hydroxylation sites is 2. The zero-order valence-electron chi connectivity index (χ0n) is 13.3. The molecular weight excluding hydrogens is 350 g/mol. The van der Waals surface area contributed by atoms with E-state index in [1.165, 1.54) is 36.4 Å². The van der Waals surface area contributed by atoms with E-state index >= 15 is 0 Å². The molecular formula is C17H14F2N2O5. The molecule has 0 radical (unpaired) electrons. The highest BCUT2D eigenvalue weighted by atomic mass is 19.3. The summed E-state index contributed by atoms with van der Waals surface area (Å²) in [5.74, 6) is -2.86. The van der Waals surface area contributed by atoms with Gasteiger partial charge in [0.05, 0.1) is 11.3 Å². The topological polar surface area (TPSA) is 108 Å². The number of esters is 1. The Bertz CT molecular complexity index is 826. The van der Waals surface area contributed by atoms with Gasteiger partial charge in [-0.15, -0.1) is 0 Å². The second kappa shape index (κ2) is 8.56. The molecule has 0 saturated heterocycles. The Labute approximate surface area is 146 Å². The van der Waals surface area contributed by atoms with E-state index in [1.54, 1.807) is 12.1 Å². The Hall–Kier alpha value is -3.49. The van der Waals surface area contributed by atoms with E-state index < -0.39 is 31.0 Å². The van der Waals surface area contributed by atoms with E-state index in [2.05, 4.69) is 10.1 Å². The first kappa shape index (κ1) is 18.8. The average Bonchev–Trinajstić information content (AvgIpc) is 2.60. The van der Waals surface area contributed by atoms with Crippen molar-refractivity contribution in [3.05, 3.63) is 59.7 Å². The fourth-order valence-corrected chi connectivity index (χ4v) is 2.04. The van der Waals surface area contributed by atoms with Crippen molar-refractivity contribution in [2.75, 3.05) is 11.9 Å². The number of rotatable bonds is 7. The number of hydrogen-bond donors (Lipinski definition) is 2. The Morgan fingerprint density at radius 3 is 2.27 bits per heavy atom. The minimum absolute atomic E-state index is 0.0860. The summed E-state index contributed by atoms with van der Waals surface area (Å²) in [6, 6.07) is 11.2. The summed E-state index contributed by atoms with van der Waals surface area (Å²) in [6.45, 7) is -3.81. The van der Waals surface area contributed by atoms with Crippen LogP contribution in [0, 0.1) is 0 Å². The molecule has 0 bridgehead atoms. The molecule has 0 fully saturated rings. The number of ether oxygens (including phenoxy) is 2. The van der Waals surface area contributed by atoms with Gasteiger partial charge < -0.3 is 20.5 Å².